The van der Waals surface area contributed by atoms with Crippen LogP contribution in [0.15, 0.2) is 24.3 Å². The number of halogens is 3. The molecule has 3 atom stereocenters. The Bertz CT molecular complexity index is 663. The highest BCUT2D eigenvalue weighted by molar-refractivity contribution is 5.73. The number of benzene rings is 1. The van der Waals surface area contributed by atoms with Crippen molar-refractivity contribution in [3.05, 3.63) is 29.8 Å². The lowest BCUT2D eigenvalue weighted by Gasteiger charge is -2.37. The summed E-state index contributed by atoms with van der Waals surface area (Å²) in [5.74, 6) is -0.210. The number of ether oxygens (including phenoxy) is 1. The third-order valence-corrected chi connectivity index (χ3v) is 5.02. The van der Waals surface area contributed by atoms with Gasteiger partial charge < -0.3 is 20.1 Å². The lowest BCUT2D eigenvalue weighted by molar-refractivity contribution is -0.137. The van der Waals surface area contributed by atoms with Gasteiger partial charge in [0, 0.05) is 45.3 Å². The van der Waals surface area contributed by atoms with Gasteiger partial charge in [0.25, 0.3) is 0 Å². The molecule has 0 aliphatic carbocycles. The molecule has 0 aromatic heterocycles. The van der Waals surface area contributed by atoms with Crippen LogP contribution in [0.5, 0.6) is 0 Å². The van der Waals surface area contributed by atoms with Crippen LogP contribution in [-0.4, -0.2) is 73.5 Å². The number of hydrogen-bond donors (Lipinski definition) is 2. The number of piperazine rings is 1. The summed E-state index contributed by atoms with van der Waals surface area (Å²) >= 11 is 0. The SMILES string of the molecule is CC(=O)NC1COC(CN2CCN(c3cccc(C(F)(F)F)c3)CC2)C1O. The first-order chi connectivity index (χ1) is 12.7. The van der Waals surface area contributed by atoms with Gasteiger partial charge in [-0.1, -0.05) is 6.07 Å². The summed E-state index contributed by atoms with van der Waals surface area (Å²) in [4.78, 5) is 15.2. The van der Waals surface area contributed by atoms with Crippen LogP contribution in [0.2, 0.25) is 0 Å². The van der Waals surface area contributed by atoms with Crippen LogP contribution < -0.4 is 10.2 Å². The molecule has 2 saturated heterocycles. The van der Waals surface area contributed by atoms with Crippen molar-refractivity contribution < 1.29 is 27.8 Å². The van der Waals surface area contributed by atoms with Crippen molar-refractivity contribution in [1.29, 1.82) is 0 Å². The maximum absolute atomic E-state index is 12.9. The van der Waals surface area contributed by atoms with E-state index in [4.69, 9.17) is 4.74 Å². The molecule has 9 heteroatoms. The third kappa shape index (κ3) is 4.91. The van der Waals surface area contributed by atoms with Crippen LogP contribution in [0.1, 0.15) is 12.5 Å². The van der Waals surface area contributed by atoms with Crippen LogP contribution in [0.25, 0.3) is 0 Å². The minimum Gasteiger partial charge on any atom is -0.388 e. The van der Waals surface area contributed by atoms with Crippen molar-refractivity contribution >= 4 is 11.6 Å². The van der Waals surface area contributed by atoms with Crippen molar-refractivity contribution in [2.24, 2.45) is 0 Å². The van der Waals surface area contributed by atoms with Gasteiger partial charge in [-0.05, 0) is 18.2 Å². The van der Waals surface area contributed by atoms with E-state index in [1.165, 1.54) is 19.1 Å². The Morgan fingerprint density at radius 1 is 1.30 bits per heavy atom. The van der Waals surface area contributed by atoms with Crippen LogP contribution in [0, 0.1) is 0 Å². The summed E-state index contributed by atoms with van der Waals surface area (Å²) < 4.78 is 44.2. The van der Waals surface area contributed by atoms with Gasteiger partial charge in [0.05, 0.1) is 24.3 Å². The lowest BCUT2D eigenvalue weighted by atomic mass is 10.1. The molecule has 2 aliphatic heterocycles. The fraction of sp³-hybridized carbons (Fsp3) is 0.611. The molecule has 2 aliphatic rings. The summed E-state index contributed by atoms with van der Waals surface area (Å²) in [6.45, 7) is 4.70. The van der Waals surface area contributed by atoms with Gasteiger partial charge in [0.2, 0.25) is 5.91 Å². The number of alkyl halides is 3. The standard InChI is InChI=1S/C18H24F3N3O3/c1-12(25)22-15-11-27-16(17(15)26)10-23-5-7-24(8-6-23)14-4-2-3-13(9-14)18(19,20)21/h2-4,9,15-17,26H,5-8,10-11H2,1H3,(H,22,25). The van der Waals surface area contributed by atoms with Crippen LogP contribution >= 0.6 is 0 Å². The van der Waals surface area contributed by atoms with E-state index < -0.39 is 23.9 Å². The highest BCUT2D eigenvalue weighted by Crippen LogP contribution is 2.32. The van der Waals surface area contributed by atoms with E-state index in [1.54, 1.807) is 6.07 Å². The Labute approximate surface area is 155 Å². The molecule has 1 aromatic carbocycles. The highest BCUT2D eigenvalue weighted by Gasteiger charge is 2.37. The molecular weight excluding hydrogens is 363 g/mol. The first-order valence-electron chi connectivity index (χ1n) is 8.95. The molecule has 2 fully saturated rings. The first-order valence-corrected chi connectivity index (χ1v) is 8.95. The number of carbonyl (C=O) groups excluding carboxylic acids is 1. The van der Waals surface area contributed by atoms with E-state index in [2.05, 4.69) is 10.2 Å². The number of aliphatic hydroxyl groups excluding tert-OH is 1. The van der Waals surface area contributed by atoms with Crippen molar-refractivity contribution in [3.63, 3.8) is 0 Å². The topological polar surface area (TPSA) is 65.0 Å². The number of amides is 1. The minimum absolute atomic E-state index is 0.210. The number of rotatable bonds is 4. The summed E-state index contributed by atoms with van der Waals surface area (Å²) in [5.41, 5.74) is -0.0822. The zero-order valence-corrected chi connectivity index (χ0v) is 15.1. The largest absolute Gasteiger partial charge is 0.416 e. The molecule has 150 valence electrons. The van der Waals surface area contributed by atoms with Gasteiger partial charge in [-0.3, -0.25) is 9.69 Å². The fourth-order valence-corrected chi connectivity index (χ4v) is 3.55. The number of hydrogen-bond acceptors (Lipinski definition) is 5. The van der Waals surface area contributed by atoms with E-state index in [-0.39, 0.29) is 18.6 Å². The molecular formula is C18H24F3N3O3. The third-order valence-electron chi connectivity index (χ3n) is 5.02. The van der Waals surface area contributed by atoms with E-state index in [0.717, 1.165) is 6.07 Å². The van der Waals surface area contributed by atoms with Crippen molar-refractivity contribution in [3.8, 4) is 0 Å². The predicted molar refractivity (Wildman–Crippen MR) is 93.4 cm³/mol. The minimum atomic E-state index is -4.35. The van der Waals surface area contributed by atoms with E-state index in [0.29, 0.717) is 38.4 Å². The average Bonchev–Trinajstić information content (AvgIpc) is 2.94. The Hall–Kier alpha value is -1.84. The average molecular weight is 387 g/mol. The smallest absolute Gasteiger partial charge is 0.388 e. The van der Waals surface area contributed by atoms with Gasteiger partial charge >= 0.3 is 6.18 Å². The van der Waals surface area contributed by atoms with Gasteiger partial charge in [-0.25, -0.2) is 0 Å². The zero-order valence-electron chi connectivity index (χ0n) is 15.1. The summed E-state index contributed by atoms with van der Waals surface area (Å²) in [7, 11) is 0. The van der Waals surface area contributed by atoms with Crippen molar-refractivity contribution in [2.45, 2.75) is 31.3 Å². The second kappa shape index (κ2) is 8.04. The molecule has 0 radical (unpaired) electrons. The van der Waals surface area contributed by atoms with Gasteiger partial charge in [0.15, 0.2) is 0 Å². The Balaban J connectivity index is 1.52. The van der Waals surface area contributed by atoms with Crippen LogP contribution in [0.3, 0.4) is 0 Å². The lowest BCUT2D eigenvalue weighted by Crippen LogP contribution is -2.51. The molecule has 1 aromatic rings. The molecule has 6 nitrogen and oxygen atoms in total. The first kappa shape index (κ1) is 19.9. The predicted octanol–water partition coefficient (Wildman–Crippen LogP) is 1.09. The molecule has 2 N–H and O–H groups in total. The van der Waals surface area contributed by atoms with E-state index in [9.17, 15) is 23.1 Å². The molecule has 0 saturated carbocycles. The zero-order chi connectivity index (χ0) is 19.6. The monoisotopic (exact) mass is 387 g/mol. The Morgan fingerprint density at radius 2 is 2.00 bits per heavy atom. The Kier molecular flexibility index (Phi) is 5.92. The molecule has 3 unspecified atom stereocenters. The number of anilines is 1. The number of nitrogens with zero attached hydrogens (tertiary/aromatic N) is 2. The fourth-order valence-electron chi connectivity index (χ4n) is 3.55. The maximum Gasteiger partial charge on any atom is 0.416 e. The number of nitrogens with one attached hydrogen (secondary N) is 1. The van der Waals surface area contributed by atoms with Crippen molar-refractivity contribution in [2.75, 3.05) is 44.2 Å². The highest BCUT2D eigenvalue weighted by atomic mass is 19.4. The summed E-state index contributed by atoms with van der Waals surface area (Å²) in [6, 6.07) is 4.96. The van der Waals surface area contributed by atoms with E-state index in [1.807, 2.05) is 4.90 Å². The van der Waals surface area contributed by atoms with E-state index >= 15 is 0 Å². The second-order valence-corrected chi connectivity index (χ2v) is 7.01. The van der Waals surface area contributed by atoms with Gasteiger partial charge in [0.1, 0.15) is 6.10 Å². The Morgan fingerprint density at radius 3 is 2.63 bits per heavy atom. The van der Waals surface area contributed by atoms with Crippen LogP contribution in [0.4, 0.5) is 18.9 Å². The molecule has 0 spiro atoms. The molecule has 3 rings (SSSR count). The molecule has 1 amide bonds. The van der Waals surface area contributed by atoms with Gasteiger partial charge in [-0.2, -0.15) is 13.2 Å². The quantitative estimate of drug-likeness (QED) is 0.810. The molecule has 2 heterocycles. The number of aliphatic hydroxyl groups is 1. The number of carbonyl (C=O) groups is 1. The summed E-state index contributed by atoms with van der Waals surface area (Å²) in [6.07, 6.45) is -5.50. The van der Waals surface area contributed by atoms with Gasteiger partial charge in [-0.15, -0.1) is 0 Å². The second-order valence-electron chi connectivity index (χ2n) is 7.01. The molecule has 27 heavy (non-hydrogen) atoms. The summed E-state index contributed by atoms with van der Waals surface area (Å²) in [5, 5.41) is 13.0. The normalized spacial score (nSPS) is 27.0. The maximum atomic E-state index is 12.9. The van der Waals surface area contributed by atoms with Crippen molar-refractivity contribution in [1.82, 2.24) is 10.2 Å². The molecule has 0 bridgehead atoms. The van der Waals surface area contributed by atoms with Crippen LogP contribution in [-0.2, 0) is 15.7 Å².